The third-order valence-electron chi connectivity index (χ3n) is 2.39. The van der Waals surface area contributed by atoms with Gasteiger partial charge in [0.25, 0.3) is 0 Å². The topological polar surface area (TPSA) is 46.2 Å². The van der Waals surface area contributed by atoms with Crippen LogP contribution in [0.15, 0.2) is 18.2 Å². The van der Waals surface area contributed by atoms with Gasteiger partial charge in [-0.2, -0.15) is 13.2 Å². The van der Waals surface area contributed by atoms with Crippen molar-refractivity contribution in [2.45, 2.75) is 25.1 Å². The van der Waals surface area contributed by atoms with Gasteiger partial charge in [0.2, 0.25) is 0 Å². The molecule has 0 spiro atoms. The van der Waals surface area contributed by atoms with Gasteiger partial charge in [-0.15, -0.1) is 0 Å². The van der Waals surface area contributed by atoms with Crippen LogP contribution >= 0.6 is 0 Å². The third kappa shape index (κ3) is 3.67. The minimum Gasteiger partial charge on any atom is -0.396 e. The van der Waals surface area contributed by atoms with Crippen LogP contribution in [0, 0.1) is 5.82 Å². The van der Waals surface area contributed by atoms with E-state index in [1.165, 1.54) is 0 Å². The Kier molecular flexibility index (Phi) is 4.47. The second kappa shape index (κ2) is 5.46. The first-order chi connectivity index (χ1) is 7.86. The highest BCUT2D eigenvalue weighted by molar-refractivity contribution is 5.32. The molecule has 0 aliphatic carbocycles. The van der Waals surface area contributed by atoms with Gasteiger partial charge in [-0.05, 0) is 36.6 Å². The van der Waals surface area contributed by atoms with E-state index in [9.17, 15) is 17.6 Å². The lowest BCUT2D eigenvalue weighted by Gasteiger charge is -2.18. The molecule has 0 unspecified atom stereocenters. The first kappa shape index (κ1) is 13.9. The van der Waals surface area contributed by atoms with Crippen molar-refractivity contribution in [1.29, 1.82) is 0 Å². The average molecular weight is 251 g/mol. The molecule has 0 bridgehead atoms. The van der Waals surface area contributed by atoms with Crippen molar-refractivity contribution in [3.05, 3.63) is 35.1 Å². The number of nitrogens with two attached hydrogens (primary N) is 1. The van der Waals surface area contributed by atoms with Crippen molar-refractivity contribution < 1.29 is 22.7 Å². The van der Waals surface area contributed by atoms with E-state index in [-0.39, 0.29) is 25.0 Å². The predicted molar refractivity (Wildman–Crippen MR) is 54.7 cm³/mol. The van der Waals surface area contributed by atoms with E-state index >= 15 is 0 Å². The van der Waals surface area contributed by atoms with Crippen LogP contribution in [-0.4, -0.2) is 11.7 Å². The fourth-order valence-electron chi connectivity index (χ4n) is 1.57. The second-order valence-electron chi connectivity index (χ2n) is 3.70. The Balaban J connectivity index is 3.07. The summed E-state index contributed by atoms with van der Waals surface area (Å²) in [6, 6.07) is 1.30. The Morgan fingerprint density at radius 2 is 1.94 bits per heavy atom. The lowest BCUT2D eigenvalue weighted by atomic mass is 9.97. The summed E-state index contributed by atoms with van der Waals surface area (Å²) >= 11 is 0. The number of hydrogen-bond donors (Lipinski definition) is 2. The number of alkyl halides is 3. The molecular weight excluding hydrogens is 238 g/mol. The molecule has 0 radical (unpaired) electrons. The number of aliphatic hydroxyl groups excluding tert-OH is 1. The highest BCUT2D eigenvalue weighted by Crippen LogP contribution is 2.35. The molecule has 0 saturated carbocycles. The summed E-state index contributed by atoms with van der Waals surface area (Å²) in [5, 5.41) is 8.59. The highest BCUT2D eigenvalue weighted by Gasteiger charge is 2.34. The Bertz CT molecular complexity index is 378. The number of hydrogen-bond acceptors (Lipinski definition) is 2. The lowest BCUT2D eigenvalue weighted by Crippen LogP contribution is -2.18. The zero-order valence-corrected chi connectivity index (χ0v) is 8.97. The van der Waals surface area contributed by atoms with Crippen molar-refractivity contribution in [1.82, 2.24) is 0 Å². The molecule has 0 amide bonds. The first-order valence-corrected chi connectivity index (χ1v) is 5.09. The molecule has 1 aromatic carbocycles. The van der Waals surface area contributed by atoms with Crippen LogP contribution in [0.5, 0.6) is 0 Å². The normalized spacial score (nSPS) is 13.8. The molecule has 1 rings (SSSR count). The van der Waals surface area contributed by atoms with Crippen LogP contribution in [0.1, 0.15) is 30.0 Å². The largest absolute Gasteiger partial charge is 0.416 e. The molecule has 0 aliphatic rings. The van der Waals surface area contributed by atoms with Gasteiger partial charge in [-0.3, -0.25) is 0 Å². The maximum atomic E-state index is 12.9. The van der Waals surface area contributed by atoms with E-state index in [2.05, 4.69) is 0 Å². The van der Waals surface area contributed by atoms with Crippen LogP contribution in [0.2, 0.25) is 0 Å². The van der Waals surface area contributed by atoms with E-state index < -0.39 is 23.6 Å². The fraction of sp³-hybridized carbons (Fsp3) is 0.455. The van der Waals surface area contributed by atoms with Gasteiger partial charge < -0.3 is 10.8 Å². The summed E-state index contributed by atoms with van der Waals surface area (Å²) in [5.74, 6) is -0.757. The first-order valence-electron chi connectivity index (χ1n) is 5.09. The Hall–Kier alpha value is -1.14. The van der Waals surface area contributed by atoms with Crippen molar-refractivity contribution >= 4 is 0 Å². The van der Waals surface area contributed by atoms with Crippen LogP contribution in [0.25, 0.3) is 0 Å². The van der Waals surface area contributed by atoms with Crippen molar-refractivity contribution in [2.24, 2.45) is 5.73 Å². The molecule has 1 atom stereocenters. The van der Waals surface area contributed by atoms with Gasteiger partial charge in [0.05, 0.1) is 5.56 Å². The van der Waals surface area contributed by atoms with Gasteiger partial charge >= 0.3 is 6.18 Å². The standard InChI is InChI=1S/C11H13F4NO/c12-7-3-4-9(11(13,14)15)8(6-7)10(16)2-1-5-17/h3-4,6,10,17H,1-2,5,16H2/t10-/m0/s1. The monoisotopic (exact) mass is 251 g/mol. The SMILES string of the molecule is N[C@@H](CCCO)c1cc(F)ccc1C(F)(F)F. The van der Waals surface area contributed by atoms with Gasteiger partial charge in [0.15, 0.2) is 0 Å². The van der Waals surface area contributed by atoms with Crippen LogP contribution in [-0.2, 0) is 6.18 Å². The quantitative estimate of drug-likeness (QED) is 0.808. The maximum Gasteiger partial charge on any atom is 0.416 e. The lowest BCUT2D eigenvalue weighted by molar-refractivity contribution is -0.138. The molecule has 1 aromatic rings. The Labute approximate surface area is 96.1 Å². The molecule has 0 saturated heterocycles. The van der Waals surface area contributed by atoms with Crippen molar-refractivity contribution in [2.75, 3.05) is 6.61 Å². The zero-order valence-electron chi connectivity index (χ0n) is 8.97. The van der Waals surface area contributed by atoms with Gasteiger partial charge in [0, 0.05) is 12.6 Å². The molecule has 96 valence electrons. The molecule has 0 fully saturated rings. The average Bonchev–Trinajstić information content (AvgIpc) is 2.24. The number of benzene rings is 1. The van der Waals surface area contributed by atoms with Crippen molar-refractivity contribution in [3.63, 3.8) is 0 Å². The smallest absolute Gasteiger partial charge is 0.396 e. The molecular formula is C11H13F4NO. The minimum atomic E-state index is -4.56. The number of rotatable bonds is 4. The number of halogens is 4. The number of aliphatic hydroxyl groups is 1. The molecule has 17 heavy (non-hydrogen) atoms. The van der Waals surface area contributed by atoms with E-state index in [1.54, 1.807) is 0 Å². The van der Waals surface area contributed by atoms with E-state index in [0.29, 0.717) is 6.07 Å². The minimum absolute atomic E-state index is 0.162. The zero-order chi connectivity index (χ0) is 13.1. The summed E-state index contributed by atoms with van der Waals surface area (Å²) in [7, 11) is 0. The van der Waals surface area contributed by atoms with Gasteiger partial charge in [-0.25, -0.2) is 4.39 Å². The second-order valence-corrected chi connectivity index (χ2v) is 3.70. The maximum absolute atomic E-state index is 12.9. The Morgan fingerprint density at radius 3 is 2.47 bits per heavy atom. The molecule has 6 heteroatoms. The fourth-order valence-corrected chi connectivity index (χ4v) is 1.57. The summed E-state index contributed by atoms with van der Waals surface area (Å²) in [4.78, 5) is 0. The molecule has 0 aromatic heterocycles. The predicted octanol–water partition coefficient (Wildman–Crippen LogP) is 2.62. The van der Waals surface area contributed by atoms with Crippen LogP contribution in [0.4, 0.5) is 17.6 Å². The summed E-state index contributed by atoms with van der Waals surface area (Å²) in [6.07, 6.45) is -4.11. The van der Waals surface area contributed by atoms with Crippen LogP contribution in [0.3, 0.4) is 0 Å². The molecule has 0 aliphatic heterocycles. The van der Waals surface area contributed by atoms with Crippen LogP contribution < -0.4 is 5.73 Å². The molecule has 2 nitrogen and oxygen atoms in total. The Morgan fingerprint density at radius 1 is 1.29 bits per heavy atom. The summed E-state index contributed by atoms with van der Waals surface area (Å²) < 4.78 is 50.9. The van der Waals surface area contributed by atoms with E-state index in [1.807, 2.05) is 0 Å². The molecule has 0 heterocycles. The van der Waals surface area contributed by atoms with Gasteiger partial charge in [-0.1, -0.05) is 0 Å². The van der Waals surface area contributed by atoms with Gasteiger partial charge in [0.1, 0.15) is 5.82 Å². The third-order valence-corrected chi connectivity index (χ3v) is 2.39. The van der Waals surface area contributed by atoms with E-state index in [4.69, 9.17) is 10.8 Å². The summed E-state index contributed by atoms with van der Waals surface area (Å²) in [6.45, 7) is -0.162. The van der Waals surface area contributed by atoms with E-state index in [0.717, 1.165) is 12.1 Å². The summed E-state index contributed by atoms with van der Waals surface area (Å²) in [5.41, 5.74) is 4.37. The van der Waals surface area contributed by atoms with Crippen molar-refractivity contribution in [3.8, 4) is 0 Å². The molecule has 3 N–H and O–H groups in total. The highest BCUT2D eigenvalue weighted by atomic mass is 19.4.